The van der Waals surface area contributed by atoms with E-state index in [0.717, 1.165) is 25.7 Å². The largest absolute Gasteiger partial charge is 0.323 e. The fraction of sp³-hybridized carbons (Fsp3) is 0.429. The molecule has 3 rings (SSSR count). The molecular weight excluding hydrogens is 254 g/mol. The van der Waals surface area contributed by atoms with Crippen molar-refractivity contribution < 1.29 is 4.79 Å². The lowest BCUT2D eigenvalue weighted by Gasteiger charge is -2.20. The van der Waals surface area contributed by atoms with Gasteiger partial charge in [0.05, 0.1) is 18.1 Å². The van der Waals surface area contributed by atoms with Crippen LogP contribution in [-0.2, 0) is 4.79 Å². The Morgan fingerprint density at radius 1 is 1.20 bits per heavy atom. The van der Waals surface area contributed by atoms with Crippen LogP contribution in [0.5, 0.6) is 0 Å². The van der Waals surface area contributed by atoms with Crippen molar-refractivity contribution in [1.29, 1.82) is 0 Å². The summed E-state index contributed by atoms with van der Waals surface area (Å²) in [5, 5.41) is 6.95. The Labute approximate surface area is 117 Å². The second-order valence-corrected chi connectivity index (χ2v) is 5.05. The van der Waals surface area contributed by atoms with E-state index in [1.165, 1.54) is 6.42 Å². The lowest BCUT2D eigenvalue weighted by molar-refractivity contribution is -0.120. The highest BCUT2D eigenvalue weighted by atomic mass is 16.1. The highest BCUT2D eigenvalue weighted by molar-refractivity contribution is 5.92. The average Bonchev–Trinajstić information content (AvgIpc) is 3.03. The molecule has 1 fully saturated rings. The summed E-state index contributed by atoms with van der Waals surface area (Å²) in [5.41, 5.74) is 0.636. The number of nitrogens with one attached hydrogen (secondary N) is 1. The maximum absolute atomic E-state index is 12.1. The molecule has 0 unspecified atom stereocenters. The molecule has 6 heteroatoms. The Kier molecular flexibility index (Phi) is 3.71. The Hall–Kier alpha value is -2.24. The van der Waals surface area contributed by atoms with Gasteiger partial charge in [-0.25, -0.2) is 14.6 Å². The smallest absolute Gasteiger partial charge is 0.250 e. The predicted molar refractivity (Wildman–Crippen MR) is 74.4 cm³/mol. The zero-order valence-corrected chi connectivity index (χ0v) is 11.2. The molecule has 0 aliphatic heterocycles. The number of carbonyl (C=O) groups excluding carboxylic acids is 1. The molecular formula is C14H17N5O. The number of hydrogen-bond acceptors (Lipinski definition) is 4. The van der Waals surface area contributed by atoms with Gasteiger partial charge >= 0.3 is 0 Å². The van der Waals surface area contributed by atoms with Crippen molar-refractivity contribution in [3.8, 4) is 5.95 Å². The molecule has 0 atom stereocenters. The second-order valence-electron chi connectivity index (χ2n) is 5.05. The minimum Gasteiger partial charge on any atom is -0.323 e. The van der Waals surface area contributed by atoms with Crippen molar-refractivity contribution in [3.05, 3.63) is 30.9 Å². The molecule has 0 radical (unpaired) electrons. The van der Waals surface area contributed by atoms with Gasteiger partial charge in [0, 0.05) is 18.3 Å². The number of nitrogens with zero attached hydrogens (tertiary/aromatic N) is 4. The van der Waals surface area contributed by atoms with Crippen LogP contribution in [0.1, 0.15) is 32.1 Å². The molecule has 1 amide bonds. The highest BCUT2D eigenvalue weighted by Crippen LogP contribution is 2.24. The molecule has 1 saturated carbocycles. The first kappa shape index (κ1) is 12.8. The third kappa shape index (κ3) is 2.84. The SMILES string of the molecule is O=C(Nc1cnc(-n2cccn2)nc1)C1CCCCC1. The van der Waals surface area contributed by atoms with E-state index in [2.05, 4.69) is 20.4 Å². The molecule has 0 saturated heterocycles. The van der Waals surface area contributed by atoms with E-state index in [4.69, 9.17) is 0 Å². The van der Waals surface area contributed by atoms with E-state index in [1.54, 1.807) is 29.5 Å². The first-order valence-corrected chi connectivity index (χ1v) is 6.96. The van der Waals surface area contributed by atoms with Crippen LogP contribution in [0.3, 0.4) is 0 Å². The number of carbonyl (C=O) groups is 1. The van der Waals surface area contributed by atoms with Crippen molar-refractivity contribution in [2.24, 2.45) is 5.92 Å². The van der Waals surface area contributed by atoms with Gasteiger partial charge in [0.25, 0.3) is 5.95 Å². The molecule has 0 bridgehead atoms. The van der Waals surface area contributed by atoms with Crippen molar-refractivity contribution >= 4 is 11.6 Å². The standard InChI is InChI=1S/C14H17N5O/c20-13(11-5-2-1-3-6-11)18-12-9-15-14(16-10-12)19-8-4-7-17-19/h4,7-11H,1-3,5-6H2,(H,18,20). The minimum absolute atomic E-state index is 0.0835. The fourth-order valence-electron chi connectivity index (χ4n) is 2.50. The number of aromatic nitrogens is 4. The van der Waals surface area contributed by atoms with Crippen LogP contribution in [0.2, 0.25) is 0 Å². The van der Waals surface area contributed by atoms with Gasteiger partial charge in [0.1, 0.15) is 0 Å². The molecule has 2 aromatic heterocycles. The lowest BCUT2D eigenvalue weighted by atomic mass is 9.89. The predicted octanol–water partition coefficient (Wildman–Crippen LogP) is 2.18. The second kappa shape index (κ2) is 5.81. The Bertz CT molecular complexity index is 558. The van der Waals surface area contributed by atoms with Gasteiger partial charge in [0.2, 0.25) is 5.91 Å². The summed E-state index contributed by atoms with van der Waals surface area (Å²) in [6.07, 6.45) is 12.2. The van der Waals surface area contributed by atoms with Crippen molar-refractivity contribution in [3.63, 3.8) is 0 Å². The van der Waals surface area contributed by atoms with E-state index in [0.29, 0.717) is 11.6 Å². The van der Waals surface area contributed by atoms with Gasteiger partial charge < -0.3 is 5.32 Å². The number of rotatable bonds is 3. The molecule has 1 aliphatic rings. The summed E-state index contributed by atoms with van der Waals surface area (Å²) < 4.78 is 1.58. The quantitative estimate of drug-likeness (QED) is 0.928. The molecule has 0 aromatic carbocycles. The van der Waals surface area contributed by atoms with Gasteiger partial charge in [-0.3, -0.25) is 4.79 Å². The maximum atomic E-state index is 12.1. The summed E-state index contributed by atoms with van der Waals surface area (Å²) in [6, 6.07) is 1.81. The van der Waals surface area contributed by atoms with Crippen LogP contribution in [0, 0.1) is 5.92 Å². The monoisotopic (exact) mass is 271 g/mol. The Balaban J connectivity index is 1.64. The van der Waals surface area contributed by atoms with Gasteiger partial charge in [-0.2, -0.15) is 5.10 Å². The van der Waals surface area contributed by atoms with Crippen molar-refractivity contribution in [2.45, 2.75) is 32.1 Å². The van der Waals surface area contributed by atoms with E-state index in [9.17, 15) is 4.79 Å². The van der Waals surface area contributed by atoms with Crippen LogP contribution in [0.4, 0.5) is 5.69 Å². The van der Waals surface area contributed by atoms with E-state index >= 15 is 0 Å². The fourth-order valence-corrected chi connectivity index (χ4v) is 2.50. The molecule has 104 valence electrons. The van der Waals surface area contributed by atoms with Gasteiger partial charge in [-0.15, -0.1) is 0 Å². The Morgan fingerprint density at radius 3 is 2.60 bits per heavy atom. The lowest BCUT2D eigenvalue weighted by Crippen LogP contribution is -2.24. The van der Waals surface area contributed by atoms with Crippen LogP contribution in [0.25, 0.3) is 5.95 Å². The van der Waals surface area contributed by atoms with Gasteiger partial charge in [-0.05, 0) is 18.9 Å². The molecule has 20 heavy (non-hydrogen) atoms. The van der Waals surface area contributed by atoms with Crippen molar-refractivity contribution in [1.82, 2.24) is 19.7 Å². The van der Waals surface area contributed by atoms with Gasteiger partial charge in [0.15, 0.2) is 0 Å². The summed E-state index contributed by atoms with van der Waals surface area (Å²) in [6.45, 7) is 0. The zero-order valence-electron chi connectivity index (χ0n) is 11.2. The third-order valence-corrected chi connectivity index (χ3v) is 3.59. The normalized spacial score (nSPS) is 16.0. The number of anilines is 1. The van der Waals surface area contributed by atoms with E-state index < -0.39 is 0 Å². The topological polar surface area (TPSA) is 72.7 Å². The number of amides is 1. The number of hydrogen-bond donors (Lipinski definition) is 1. The van der Waals surface area contributed by atoms with Crippen LogP contribution >= 0.6 is 0 Å². The summed E-state index contributed by atoms with van der Waals surface area (Å²) >= 11 is 0. The molecule has 2 aromatic rings. The molecule has 6 nitrogen and oxygen atoms in total. The third-order valence-electron chi connectivity index (χ3n) is 3.59. The first-order chi connectivity index (χ1) is 9.83. The maximum Gasteiger partial charge on any atom is 0.250 e. The minimum atomic E-state index is 0.0835. The van der Waals surface area contributed by atoms with Crippen LogP contribution in [-0.4, -0.2) is 25.7 Å². The molecule has 2 heterocycles. The summed E-state index contributed by atoms with van der Waals surface area (Å²) in [4.78, 5) is 20.5. The van der Waals surface area contributed by atoms with E-state index in [-0.39, 0.29) is 11.8 Å². The summed E-state index contributed by atoms with van der Waals surface area (Å²) in [5.74, 6) is 0.709. The average molecular weight is 271 g/mol. The van der Waals surface area contributed by atoms with Gasteiger partial charge in [-0.1, -0.05) is 19.3 Å². The van der Waals surface area contributed by atoms with E-state index in [1.807, 2.05) is 6.07 Å². The zero-order chi connectivity index (χ0) is 13.8. The molecule has 1 aliphatic carbocycles. The first-order valence-electron chi connectivity index (χ1n) is 6.96. The van der Waals surface area contributed by atoms with Crippen LogP contribution in [0.15, 0.2) is 30.9 Å². The highest BCUT2D eigenvalue weighted by Gasteiger charge is 2.21. The van der Waals surface area contributed by atoms with Crippen LogP contribution < -0.4 is 5.32 Å². The molecule has 0 spiro atoms. The molecule has 1 N–H and O–H groups in total. The Morgan fingerprint density at radius 2 is 1.95 bits per heavy atom. The van der Waals surface area contributed by atoms with Crippen molar-refractivity contribution in [2.75, 3.05) is 5.32 Å². The summed E-state index contributed by atoms with van der Waals surface area (Å²) in [7, 11) is 0.